The van der Waals surface area contributed by atoms with Gasteiger partial charge in [0, 0.05) is 12.5 Å². The van der Waals surface area contributed by atoms with Crippen LogP contribution in [0.5, 0.6) is 0 Å². The highest BCUT2D eigenvalue weighted by atomic mass is 16.7. The second-order valence-corrected chi connectivity index (χ2v) is 4.31. The maximum atomic E-state index is 9.77. The number of ether oxygens (including phenoxy) is 2. The highest BCUT2D eigenvalue weighted by Crippen LogP contribution is 2.26. The minimum absolute atomic E-state index is 0.117. The standard InChI is InChI=1S/C10H19NO3/c1-10(13-5-6-14-10)7-8-9(12)3-2-4-11-8/h8-9,11-12H,2-7H2,1H3/t8-,9+/m1/s1. The Morgan fingerprint density at radius 2 is 2.14 bits per heavy atom. The van der Waals surface area contributed by atoms with Gasteiger partial charge in [-0.05, 0) is 26.3 Å². The fraction of sp³-hybridized carbons (Fsp3) is 1.00. The van der Waals surface area contributed by atoms with Crippen LogP contribution >= 0.6 is 0 Å². The van der Waals surface area contributed by atoms with Gasteiger partial charge in [-0.15, -0.1) is 0 Å². The molecule has 2 saturated heterocycles. The van der Waals surface area contributed by atoms with Gasteiger partial charge in [0.25, 0.3) is 0 Å². The van der Waals surface area contributed by atoms with Gasteiger partial charge >= 0.3 is 0 Å². The van der Waals surface area contributed by atoms with Crippen LogP contribution in [0.1, 0.15) is 26.2 Å². The van der Waals surface area contributed by atoms with E-state index in [1.807, 2.05) is 6.92 Å². The zero-order valence-electron chi connectivity index (χ0n) is 8.66. The number of hydrogen-bond donors (Lipinski definition) is 2. The Bertz CT molecular complexity index is 192. The predicted molar refractivity (Wildman–Crippen MR) is 52.0 cm³/mol. The lowest BCUT2D eigenvalue weighted by atomic mass is 9.95. The van der Waals surface area contributed by atoms with E-state index in [1.54, 1.807) is 0 Å². The number of nitrogens with one attached hydrogen (secondary N) is 1. The molecule has 0 aliphatic carbocycles. The Hall–Kier alpha value is -0.160. The molecule has 0 aromatic rings. The topological polar surface area (TPSA) is 50.7 Å². The van der Waals surface area contributed by atoms with Gasteiger partial charge in [-0.25, -0.2) is 0 Å². The molecule has 0 aromatic heterocycles. The molecule has 0 saturated carbocycles. The summed E-state index contributed by atoms with van der Waals surface area (Å²) in [6, 6.07) is 0.117. The molecule has 4 heteroatoms. The molecular formula is C10H19NO3. The normalized spacial score (nSPS) is 37.3. The molecule has 2 aliphatic rings. The van der Waals surface area contributed by atoms with Crippen molar-refractivity contribution in [3.8, 4) is 0 Å². The van der Waals surface area contributed by atoms with Crippen molar-refractivity contribution >= 4 is 0 Å². The van der Waals surface area contributed by atoms with Crippen molar-refractivity contribution in [2.75, 3.05) is 19.8 Å². The molecule has 82 valence electrons. The molecule has 0 aromatic carbocycles. The van der Waals surface area contributed by atoms with Crippen molar-refractivity contribution in [1.29, 1.82) is 0 Å². The number of aliphatic hydroxyl groups excluding tert-OH is 1. The second-order valence-electron chi connectivity index (χ2n) is 4.31. The first-order valence-electron chi connectivity index (χ1n) is 5.39. The van der Waals surface area contributed by atoms with Crippen LogP contribution in [-0.2, 0) is 9.47 Å². The maximum absolute atomic E-state index is 9.77. The quantitative estimate of drug-likeness (QED) is 0.672. The zero-order chi connectivity index (χ0) is 10.0. The third-order valence-corrected chi connectivity index (χ3v) is 3.04. The average Bonchev–Trinajstić information content (AvgIpc) is 2.57. The summed E-state index contributed by atoms with van der Waals surface area (Å²) in [5.41, 5.74) is 0. The highest BCUT2D eigenvalue weighted by molar-refractivity contribution is 4.86. The van der Waals surface area contributed by atoms with Crippen LogP contribution in [0.2, 0.25) is 0 Å². The summed E-state index contributed by atoms with van der Waals surface area (Å²) in [4.78, 5) is 0. The molecule has 0 spiro atoms. The first-order chi connectivity index (χ1) is 6.70. The van der Waals surface area contributed by atoms with Crippen molar-refractivity contribution < 1.29 is 14.6 Å². The van der Waals surface area contributed by atoms with Gasteiger partial charge in [0.1, 0.15) is 0 Å². The molecule has 2 N–H and O–H groups in total. The van der Waals surface area contributed by atoms with Gasteiger partial charge in [-0.2, -0.15) is 0 Å². The lowest BCUT2D eigenvalue weighted by Crippen LogP contribution is -2.49. The van der Waals surface area contributed by atoms with Crippen LogP contribution in [-0.4, -0.2) is 42.8 Å². The maximum Gasteiger partial charge on any atom is 0.167 e. The van der Waals surface area contributed by atoms with Gasteiger partial charge in [-0.3, -0.25) is 0 Å². The lowest BCUT2D eigenvalue weighted by molar-refractivity contribution is -0.157. The molecule has 4 nitrogen and oxygen atoms in total. The fourth-order valence-corrected chi connectivity index (χ4v) is 2.22. The smallest absolute Gasteiger partial charge is 0.167 e. The van der Waals surface area contributed by atoms with Crippen LogP contribution in [0.4, 0.5) is 0 Å². The largest absolute Gasteiger partial charge is 0.392 e. The Labute approximate surface area is 84.6 Å². The van der Waals surface area contributed by atoms with Crippen molar-refractivity contribution in [1.82, 2.24) is 5.32 Å². The Balaban J connectivity index is 1.88. The van der Waals surface area contributed by atoms with Crippen molar-refractivity contribution in [2.24, 2.45) is 0 Å². The van der Waals surface area contributed by atoms with Gasteiger partial charge in [0.05, 0.1) is 19.3 Å². The molecule has 0 radical (unpaired) electrons. The lowest BCUT2D eigenvalue weighted by Gasteiger charge is -2.34. The minimum Gasteiger partial charge on any atom is -0.392 e. The molecule has 2 aliphatic heterocycles. The summed E-state index contributed by atoms with van der Waals surface area (Å²) in [6.45, 7) is 4.26. The van der Waals surface area contributed by atoms with Crippen molar-refractivity contribution in [3.63, 3.8) is 0 Å². The molecular weight excluding hydrogens is 182 g/mol. The van der Waals surface area contributed by atoms with E-state index >= 15 is 0 Å². The Morgan fingerprint density at radius 1 is 1.43 bits per heavy atom. The van der Waals surface area contributed by atoms with E-state index < -0.39 is 5.79 Å². The SMILES string of the molecule is CC1(C[C@H]2NCCC[C@@H]2O)OCCO1. The summed E-state index contributed by atoms with van der Waals surface area (Å²) in [5.74, 6) is -0.490. The van der Waals surface area contributed by atoms with Crippen LogP contribution in [0, 0.1) is 0 Å². The summed E-state index contributed by atoms with van der Waals surface area (Å²) >= 11 is 0. The molecule has 0 amide bonds. The first kappa shape index (κ1) is 10.4. The molecule has 2 rings (SSSR count). The minimum atomic E-state index is -0.490. The second kappa shape index (κ2) is 4.14. The molecule has 2 fully saturated rings. The van der Waals surface area contributed by atoms with Crippen LogP contribution in [0.3, 0.4) is 0 Å². The van der Waals surface area contributed by atoms with Gasteiger partial charge in [-0.1, -0.05) is 0 Å². The number of rotatable bonds is 2. The monoisotopic (exact) mass is 201 g/mol. The summed E-state index contributed by atoms with van der Waals surface area (Å²) in [5, 5.41) is 13.1. The molecule has 2 atom stereocenters. The third kappa shape index (κ3) is 2.25. The number of aliphatic hydroxyl groups is 1. The Morgan fingerprint density at radius 3 is 2.79 bits per heavy atom. The fourth-order valence-electron chi connectivity index (χ4n) is 2.22. The van der Waals surface area contributed by atoms with E-state index in [4.69, 9.17) is 9.47 Å². The average molecular weight is 201 g/mol. The van der Waals surface area contributed by atoms with Crippen molar-refractivity contribution in [2.45, 2.75) is 44.1 Å². The van der Waals surface area contributed by atoms with E-state index in [0.29, 0.717) is 13.2 Å². The first-order valence-corrected chi connectivity index (χ1v) is 5.39. The van der Waals surface area contributed by atoms with Gasteiger partial charge in [0.2, 0.25) is 0 Å². The summed E-state index contributed by atoms with van der Waals surface area (Å²) < 4.78 is 11.0. The van der Waals surface area contributed by atoms with Crippen LogP contribution < -0.4 is 5.32 Å². The molecule has 0 unspecified atom stereocenters. The molecule has 14 heavy (non-hydrogen) atoms. The van der Waals surface area contributed by atoms with Crippen LogP contribution in [0.15, 0.2) is 0 Å². The van der Waals surface area contributed by atoms with E-state index in [9.17, 15) is 5.11 Å². The van der Waals surface area contributed by atoms with E-state index in [1.165, 1.54) is 0 Å². The number of hydrogen-bond acceptors (Lipinski definition) is 4. The third-order valence-electron chi connectivity index (χ3n) is 3.04. The van der Waals surface area contributed by atoms with Gasteiger partial charge in [0.15, 0.2) is 5.79 Å². The molecule has 0 bridgehead atoms. The highest BCUT2D eigenvalue weighted by Gasteiger charge is 2.36. The van der Waals surface area contributed by atoms with Crippen molar-refractivity contribution in [3.05, 3.63) is 0 Å². The van der Waals surface area contributed by atoms with E-state index in [2.05, 4.69) is 5.32 Å². The van der Waals surface area contributed by atoms with Crippen LogP contribution in [0.25, 0.3) is 0 Å². The van der Waals surface area contributed by atoms with E-state index in [-0.39, 0.29) is 12.1 Å². The van der Waals surface area contributed by atoms with Gasteiger partial charge < -0.3 is 19.9 Å². The molecule has 2 heterocycles. The number of piperidine rings is 1. The Kier molecular flexibility index (Phi) is 3.07. The zero-order valence-corrected chi connectivity index (χ0v) is 8.66. The predicted octanol–water partition coefficient (Wildman–Crippen LogP) is 0.252. The summed E-state index contributed by atoms with van der Waals surface area (Å²) in [6.07, 6.45) is 2.41. The van der Waals surface area contributed by atoms with E-state index in [0.717, 1.165) is 25.8 Å². The summed E-state index contributed by atoms with van der Waals surface area (Å²) in [7, 11) is 0.